The predicted octanol–water partition coefficient (Wildman–Crippen LogP) is 5.53. The Bertz CT molecular complexity index is 785. The number of anilines is 1. The Balaban J connectivity index is 1.80. The molecule has 0 saturated heterocycles. The molecule has 0 amide bonds. The maximum atomic E-state index is 2.34. The highest BCUT2D eigenvalue weighted by molar-refractivity contribution is 5.55. The van der Waals surface area contributed by atoms with Gasteiger partial charge in [0.2, 0.25) is 0 Å². The summed E-state index contributed by atoms with van der Waals surface area (Å²) < 4.78 is 0. The minimum Gasteiger partial charge on any atom is -0.370 e. The van der Waals surface area contributed by atoms with Crippen LogP contribution in [0.4, 0.5) is 5.69 Å². The van der Waals surface area contributed by atoms with E-state index >= 15 is 0 Å². The molecule has 0 spiro atoms. The Hall–Kier alpha value is -2.54. The quantitative estimate of drug-likeness (QED) is 0.598. The van der Waals surface area contributed by atoms with Crippen molar-refractivity contribution in [1.29, 1.82) is 0 Å². The molecule has 0 bridgehead atoms. The van der Waals surface area contributed by atoms with Crippen molar-refractivity contribution in [3.8, 4) is 0 Å². The van der Waals surface area contributed by atoms with Crippen LogP contribution in [0.15, 0.2) is 72.8 Å². The van der Waals surface area contributed by atoms with Gasteiger partial charge in [0.25, 0.3) is 0 Å². The van der Waals surface area contributed by atoms with E-state index in [4.69, 9.17) is 0 Å². The van der Waals surface area contributed by atoms with E-state index in [0.717, 1.165) is 13.0 Å². The fourth-order valence-corrected chi connectivity index (χ4v) is 3.01. The van der Waals surface area contributed by atoms with Crippen LogP contribution in [0.5, 0.6) is 0 Å². The Morgan fingerprint density at radius 3 is 1.83 bits per heavy atom. The maximum absolute atomic E-state index is 2.34. The molecular formula is C23H25N. The lowest BCUT2D eigenvalue weighted by molar-refractivity contribution is 0.911. The van der Waals surface area contributed by atoms with Crippen molar-refractivity contribution in [2.45, 2.75) is 26.8 Å². The number of hydrogen-bond donors (Lipinski definition) is 0. The number of aryl methyl sites for hydroxylation is 2. The second-order valence-electron chi connectivity index (χ2n) is 6.63. The molecule has 122 valence electrons. The molecule has 1 heteroatoms. The summed E-state index contributed by atoms with van der Waals surface area (Å²) in [5.41, 5.74) is 7.99. The molecule has 3 rings (SSSR count). The summed E-state index contributed by atoms with van der Waals surface area (Å²) in [7, 11) is 2.17. The largest absolute Gasteiger partial charge is 0.370 e. The molecule has 0 atom stereocenters. The van der Waals surface area contributed by atoms with Crippen LogP contribution in [0, 0.1) is 13.8 Å². The molecule has 0 heterocycles. The summed E-state index contributed by atoms with van der Waals surface area (Å²) >= 11 is 0. The van der Waals surface area contributed by atoms with Gasteiger partial charge in [-0.3, -0.25) is 0 Å². The molecule has 0 fully saturated rings. The third kappa shape index (κ3) is 4.05. The van der Waals surface area contributed by atoms with Gasteiger partial charge in [-0.2, -0.15) is 0 Å². The van der Waals surface area contributed by atoms with Crippen molar-refractivity contribution < 1.29 is 0 Å². The first-order valence-corrected chi connectivity index (χ1v) is 8.52. The molecule has 3 aromatic carbocycles. The second kappa shape index (κ2) is 7.35. The average molecular weight is 315 g/mol. The second-order valence-corrected chi connectivity index (χ2v) is 6.63. The van der Waals surface area contributed by atoms with Crippen LogP contribution < -0.4 is 4.90 Å². The molecule has 24 heavy (non-hydrogen) atoms. The Labute approximate surface area is 145 Å². The highest BCUT2D eigenvalue weighted by Crippen LogP contribution is 2.24. The van der Waals surface area contributed by atoms with Crippen LogP contribution in [-0.4, -0.2) is 7.05 Å². The topological polar surface area (TPSA) is 3.24 Å². The van der Waals surface area contributed by atoms with E-state index in [-0.39, 0.29) is 0 Å². The Morgan fingerprint density at radius 1 is 0.667 bits per heavy atom. The predicted molar refractivity (Wildman–Crippen MR) is 104 cm³/mol. The third-order valence-corrected chi connectivity index (χ3v) is 4.46. The van der Waals surface area contributed by atoms with Crippen LogP contribution in [0.25, 0.3) is 0 Å². The fraction of sp³-hybridized carbons (Fsp3) is 0.217. The lowest BCUT2D eigenvalue weighted by Gasteiger charge is -2.23. The van der Waals surface area contributed by atoms with Gasteiger partial charge in [0, 0.05) is 19.3 Å². The summed E-state index contributed by atoms with van der Waals surface area (Å²) in [6.07, 6.45) is 0.967. The Morgan fingerprint density at radius 2 is 1.21 bits per heavy atom. The molecule has 0 aromatic heterocycles. The normalized spacial score (nSPS) is 10.6. The van der Waals surface area contributed by atoms with E-state index in [1.165, 1.54) is 33.5 Å². The van der Waals surface area contributed by atoms with Crippen LogP contribution in [0.3, 0.4) is 0 Å². The van der Waals surface area contributed by atoms with Gasteiger partial charge >= 0.3 is 0 Å². The van der Waals surface area contributed by atoms with Crippen molar-refractivity contribution in [2.75, 3.05) is 11.9 Å². The summed E-state index contributed by atoms with van der Waals surface area (Å²) in [5, 5.41) is 0. The first-order valence-electron chi connectivity index (χ1n) is 8.52. The van der Waals surface area contributed by atoms with Gasteiger partial charge in [-0.05, 0) is 43.0 Å². The minimum absolute atomic E-state index is 0.922. The smallest absolute Gasteiger partial charge is 0.0426 e. The van der Waals surface area contributed by atoms with E-state index in [1.54, 1.807) is 0 Å². The highest BCUT2D eigenvalue weighted by Gasteiger charge is 2.08. The van der Waals surface area contributed by atoms with E-state index in [9.17, 15) is 0 Å². The molecular weight excluding hydrogens is 290 g/mol. The van der Waals surface area contributed by atoms with Gasteiger partial charge in [0.1, 0.15) is 0 Å². The maximum Gasteiger partial charge on any atom is 0.0426 e. The molecule has 0 saturated carbocycles. The van der Waals surface area contributed by atoms with Gasteiger partial charge in [0.15, 0.2) is 0 Å². The summed E-state index contributed by atoms with van der Waals surface area (Å²) in [6, 6.07) is 26.3. The van der Waals surface area contributed by atoms with Gasteiger partial charge in [0.05, 0.1) is 0 Å². The third-order valence-electron chi connectivity index (χ3n) is 4.46. The molecule has 0 unspecified atom stereocenters. The monoisotopic (exact) mass is 315 g/mol. The van der Waals surface area contributed by atoms with Crippen LogP contribution in [0.2, 0.25) is 0 Å². The lowest BCUT2D eigenvalue weighted by atomic mass is 10.0. The van der Waals surface area contributed by atoms with Gasteiger partial charge in [-0.25, -0.2) is 0 Å². The van der Waals surface area contributed by atoms with Crippen molar-refractivity contribution >= 4 is 5.69 Å². The molecule has 0 aliphatic carbocycles. The highest BCUT2D eigenvalue weighted by atomic mass is 15.1. The minimum atomic E-state index is 0.922. The van der Waals surface area contributed by atoms with E-state index in [0.29, 0.717) is 0 Å². The summed E-state index contributed by atoms with van der Waals surface area (Å²) in [5.74, 6) is 0. The van der Waals surface area contributed by atoms with Crippen molar-refractivity contribution in [3.63, 3.8) is 0 Å². The Kier molecular flexibility index (Phi) is 5.00. The number of hydrogen-bond acceptors (Lipinski definition) is 1. The molecule has 1 nitrogen and oxygen atoms in total. The SMILES string of the molecule is Cc1ccc(Cc2ccccc2N(C)Cc2ccc(C)cc2)cc1. The number of para-hydroxylation sites is 1. The molecule has 0 N–H and O–H groups in total. The molecule has 0 radical (unpaired) electrons. The van der Waals surface area contributed by atoms with Gasteiger partial charge < -0.3 is 4.90 Å². The molecule has 0 aliphatic rings. The molecule has 3 aromatic rings. The van der Waals surface area contributed by atoms with Crippen molar-refractivity contribution in [2.24, 2.45) is 0 Å². The first kappa shape index (κ1) is 16.3. The fourth-order valence-electron chi connectivity index (χ4n) is 3.01. The summed E-state index contributed by atoms with van der Waals surface area (Å²) in [4.78, 5) is 2.34. The standard InChI is InChI=1S/C23H25N/c1-18-8-12-20(13-9-18)16-22-6-4-5-7-23(22)24(3)17-21-14-10-19(2)11-15-21/h4-15H,16-17H2,1-3H3. The van der Waals surface area contributed by atoms with E-state index in [2.05, 4.69) is 98.6 Å². The van der Waals surface area contributed by atoms with E-state index in [1.807, 2.05) is 0 Å². The van der Waals surface area contributed by atoms with E-state index < -0.39 is 0 Å². The average Bonchev–Trinajstić information content (AvgIpc) is 2.59. The first-order chi connectivity index (χ1) is 11.6. The van der Waals surface area contributed by atoms with Crippen LogP contribution in [0.1, 0.15) is 27.8 Å². The zero-order valence-electron chi connectivity index (χ0n) is 14.8. The van der Waals surface area contributed by atoms with Crippen molar-refractivity contribution in [1.82, 2.24) is 0 Å². The van der Waals surface area contributed by atoms with Crippen LogP contribution >= 0.6 is 0 Å². The van der Waals surface area contributed by atoms with Crippen molar-refractivity contribution in [3.05, 3.63) is 101 Å². The lowest BCUT2D eigenvalue weighted by Crippen LogP contribution is -2.18. The molecule has 0 aliphatic heterocycles. The van der Waals surface area contributed by atoms with Gasteiger partial charge in [-0.15, -0.1) is 0 Å². The van der Waals surface area contributed by atoms with Crippen LogP contribution in [-0.2, 0) is 13.0 Å². The summed E-state index contributed by atoms with van der Waals surface area (Å²) in [6.45, 7) is 5.18. The number of nitrogens with zero attached hydrogens (tertiary/aromatic N) is 1. The number of benzene rings is 3. The zero-order valence-corrected chi connectivity index (χ0v) is 14.8. The number of rotatable bonds is 5. The van der Waals surface area contributed by atoms with Gasteiger partial charge in [-0.1, -0.05) is 77.9 Å². The zero-order chi connectivity index (χ0) is 16.9.